The van der Waals surface area contributed by atoms with E-state index in [-0.39, 0.29) is 10.8 Å². The number of aromatic nitrogens is 1. The van der Waals surface area contributed by atoms with Gasteiger partial charge in [-0.2, -0.15) is 0 Å². The lowest BCUT2D eigenvalue weighted by atomic mass is 9.62. The van der Waals surface area contributed by atoms with Crippen LogP contribution in [0.5, 0.6) is 0 Å². The van der Waals surface area contributed by atoms with E-state index >= 15 is 0 Å². The number of rotatable bonds is 4. The summed E-state index contributed by atoms with van der Waals surface area (Å²) in [6.45, 7) is 16.0. The zero-order valence-corrected chi connectivity index (χ0v) is 18.1. The summed E-state index contributed by atoms with van der Waals surface area (Å²) < 4.78 is 0. The van der Waals surface area contributed by atoms with Gasteiger partial charge in [-0.05, 0) is 70.5 Å². The number of fused-ring (bicyclic) bond motifs is 1. The van der Waals surface area contributed by atoms with Crippen LogP contribution in [0.1, 0.15) is 74.0 Å². The van der Waals surface area contributed by atoms with Crippen molar-refractivity contribution in [2.45, 2.75) is 64.7 Å². The fourth-order valence-electron chi connectivity index (χ4n) is 4.39. The summed E-state index contributed by atoms with van der Waals surface area (Å²) in [6.07, 6.45) is 5.03. The lowest BCUT2D eigenvalue weighted by molar-refractivity contribution is 0.331. The Morgan fingerprint density at radius 1 is 1.07 bits per heavy atom. The second-order valence-electron chi connectivity index (χ2n) is 9.61. The molecule has 2 heterocycles. The molecule has 0 saturated heterocycles. The van der Waals surface area contributed by atoms with Crippen molar-refractivity contribution < 1.29 is 0 Å². The Bertz CT molecular complexity index is 983. The van der Waals surface area contributed by atoms with Crippen molar-refractivity contribution >= 4 is 11.4 Å². The standard InChI is InChI=1S/C24H31N5/c1-15-11-19-20(24(5,6)10-9-23(19,3)4)13-18(15)16(2)21-8-7-17(14-25-21)12-22-26-28-29-27-22/h7-8,11,13-14,28-29H,2,9-10,12H2,1,3-6H3,(H,26,27). The first-order valence-electron chi connectivity index (χ1n) is 10.3. The van der Waals surface area contributed by atoms with E-state index in [1.165, 1.54) is 35.1 Å². The topological polar surface area (TPSA) is 61.3 Å². The fourth-order valence-corrected chi connectivity index (χ4v) is 4.39. The highest BCUT2D eigenvalue weighted by atomic mass is 15.8. The molecule has 5 nitrogen and oxygen atoms in total. The van der Waals surface area contributed by atoms with Gasteiger partial charge >= 0.3 is 0 Å². The molecule has 1 aromatic heterocycles. The molecule has 0 atom stereocenters. The first kappa shape index (κ1) is 19.6. The Labute approximate surface area is 173 Å². The monoisotopic (exact) mass is 389 g/mol. The molecule has 1 aliphatic heterocycles. The highest BCUT2D eigenvalue weighted by Gasteiger charge is 2.37. The van der Waals surface area contributed by atoms with E-state index in [0.29, 0.717) is 6.42 Å². The number of nitrogens with one attached hydrogen (secondary N) is 3. The third-order valence-corrected chi connectivity index (χ3v) is 6.48. The number of benzene rings is 1. The van der Waals surface area contributed by atoms with E-state index in [1.807, 2.05) is 6.20 Å². The van der Waals surface area contributed by atoms with Crippen LogP contribution < -0.4 is 16.5 Å². The zero-order valence-electron chi connectivity index (χ0n) is 18.1. The minimum absolute atomic E-state index is 0.182. The lowest BCUT2D eigenvalue weighted by Crippen LogP contribution is -2.35. The smallest absolute Gasteiger partial charge is 0.143 e. The van der Waals surface area contributed by atoms with Crippen LogP contribution in [-0.2, 0) is 17.3 Å². The van der Waals surface area contributed by atoms with Gasteiger partial charge in [0, 0.05) is 18.2 Å². The number of amidine groups is 1. The summed E-state index contributed by atoms with van der Waals surface area (Å²) in [5.74, 6) is 0.841. The summed E-state index contributed by atoms with van der Waals surface area (Å²) in [4.78, 5) is 4.69. The number of hydrazone groups is 1. The highest BCUT2D eigenvalue weighted by molar-refractivity contribution is 5.84. The molecule has 3 N–H and O–H groups in total. The molecule has 0 saturated carbocycles. The Kier molecular flexibility index (Phi) is 4.74. The van der Waals surface area contributed by atoms with E-state index in [2.05, 4.69) is 87.1 Å². The number of nitrogens with zero attached hydrogens (tertiary/aromatic N) is 2. The van der Waals surface area contributed by atoms with Gasteiger partial charge in [0.2, 0.25) is 0 Å². The van der Waals surface area contributed by atoms with Gasteiger partial charge in [0.05, 0.1) is 5.69 Å². The van der Waals surface area contributed by atoms with Crippen molar-refractivity contribution in [3.63, 3.8) is 0 Å². The Hall–Kier alpha value is -2.66. The van der Waals surface area contributed by atoms with E-state index < -0.39 is 0 Å². The van der Waals surface area contributed by atoms with Crippen LogP contribution in [-0.4, -0.2) is 10.8 Å². The van der Waals surface area contributed by atoms with Gasteiger partial charge in [-0.1, -0.05) is 46.4 Å². The predicted octanol–water partition coefficient (Wildman–Crippen LogP) is 4.27. The molecule has 2 aliphatic rings. The molecule has 0 bridgehead atoms. The molecule has 2 aromatic rings. The van der Waals surface area contributed by atoms with Gasteiger partial charge in [0.25, 0.3) is 0 Å². The molecule has 0 spiro atoms. The number of hydrogen-bond acceptors (Lipinski definition) is 5. The molecule has 0 unspecified atom stereocenters. The maximum absolute atomic E-state index is 4.69. The van der Waals surface area contributed by atoms with Crippen LogP contribution in [0.25, 0.3) is 5.57 Å². The average molecular weight is 390 g/mol. The SMILES string of the molecule is C=C(c1ccc(CC2=NNNN2)cn1)c1cc2c(cc1C)C(C)(C)CCC2(C)C. The molecule has 5 heteroatoms. The van der Waals surface area contributed by atoms with Crippen molar-refractivity contribution in [3.05, 3.63) is 70.6 Å². The summed E-state index contributed by atoms with van der Waals surface area (Å²) in [7, 11) is 0. The van der Waals surface area contributed by atoms with Crippen molar-refractivity contribution in [2.75, 3.05) is 0 Å². The lowest BCUT2D eigenvalue weighted by Gasteiger charge is -2.42. The fraction of sp³-hybridized carbons (Fsp3) is 0.417. The summed E-state index contributed by atoms with van der Waals surface area (Å²) >= 11 is 0. The van der Waals surface area contributed by atoms with Gasteiger partial charge in [-0.3, -0.25) is 10.4 Å². The summed E-state index contributed by atoms with van der Waals surface area (Å²) in [5.41, 5.74) is 17.2. The summed E-state index contributed by atoms with van der Waals surface area (Å²) in [5, 5.41) is 4.11. The average Bonchev–Trinajstić information content (AvgIpc) is 3.18. The van der Waals surface area contributed by atoms with Gasteiger partial charge in [-0.25, -0.2) is 5.53 Å². The quantitative estimate of drug-likeness (QED) is 0.731. The largest absolute Gasteiger partial charge is 0.288 e. The van der Waals surface area contributed by atoms with E-state index in [4.69, 9.17) is 4.98 Å². The number of pyridine rings is 1. The van der Waals surface area contributed by atoms with Crippen molar-refractivity contribution in [1.29, 1.82) is 0 Å². The van der Waals surface area contributed by atoms with E-state index in [1.54, 1.807) is 0 Å². The molecule has 0 radical (unpaired) electrons. The van der Waals surface area contributed by atoms with Gasteiger partial charge in [0.1, 0.15) is 5.84 Å². The van der Waals surface area contributed by atoms with Crippen LogP contribution in [0.3, 0.4) is 0 Å². The predicted molar refractivity (Wildman–Crippen MR) is 119 cm³/mol. The Morgan fingerprint density at radius 3 is 2.34 bits per heavy atom. The summed E-state index contributed by atoms with van der Waals surface area (Å²) in [6, 6.07) is 8.91. The first-order valence-corrected chi connectivity index (χ1v) is 10.3. The van der Waals surface area contributed by atoms with Crippen LogP contribution in [0.15, 0.2) is 42.1 Å². The van der Waals surface area contributed by atoms with E-state index in [0.717, 1.165) is 22.7 Å². The third kappa shape index (κ3) is 3.67. The molecule has 0 fully saturated rings. The van der Waals surface area contributed by atoms with Gasteiger partial charge < -0.3 is 0 Å². The zero-order chi connectivity index (χ0) is 20.8. The number of aryl methyl sites for hydroxylation is 1. The third-order valence-electron chi connectivity index (χ3n) is 6.48. The minimum atomic E-state index is 0.182. The van der Waals surface area contributed by atoms with Gasteiger partial charge in [-0.15, -0.1) is 10.6 Å². The highest BCUT2D eigenvalue weighted by Crippen LogP contribution is 2.47. The normalized spacial score (nSPS) is 19.0. The molecular formula is C24H31N5. The van der Waals surface area contributed by atoms with Crippen LogP contribution in [0.4, 0.5) is 0 Å². The second kappa shape index (κ2) is 6.99. The van der Waals surface area contributed by atoms with E-state index in [9.17, 15) is 0 Å². The molecule has 152 valence electrons. The maximum Gasteiger partial charge on any atom is 0.143 e. The minimum Gasteiger partial charge on any atom is -0.288 e. The molecular weight excluding hydrogens is 358 g/mol. The van der Waals surface area contributed by atoms with Crippen LogP contribution in [0, 0.1) is 6.92 Å². The molecule has 0 amide bonds. The molecule has 1 aromatic carbocycles. The number of hydrazine groups is 2. The maximum atomic E-state index is 4.69. The molecule has 1 aliphatic carbocycles. The van der Waals surface area contributed by atoms with Crippen LogP contribution in [0.2, 0.25) is 0 Å². The van der Waals surface area contributed by atoms with Crippen LogP contribution >= 0.6 is 0 Å². The Morgan fingerprint density at radius 2 is 1.76 bits per heavy atom. The Balaban J connectivity index is 1.65. The van der Waals surface area contributed by atoms with Crippen molar-refractivity contribution in [1.82, 2.24) is 21.5 Å². The number of hydrogen-bond donors (Lipinski definition) is 3. The second-order valence-corrected chi connectivity index (χ2v) is 9.61. The van der Waals surface area contributed by atoms with Crippen molar-refractivity contribution in [2.24, 2.45) is 5.10 Å². The molecule has 4 rings (SSSR count). The first-order chi connectivity index (χ1) is 13.7. The van der Waals surface area contributed by atoms with Crippen molar-refractivity contribution in [3.8, 4) is 0 Å². The van der Waals surface area contributed by atoms with Gasteiger partial charge in [0.15, 0.2) is 0 Å². The molecule has 29 heavy (non-hydrogen) atoms.